The second-order valence-corrected chi connectivity index (χ2v) is 6.32. The number of benzene rings is 3. The summed E-state index contributed by atoms with van der Waals surface area (Å²) in [5.41, 5.74) is 3.39. The Hall–Kier alpha value is -2.94. The molecule has 1 aliphatic rings. The Morgan fingerprint density at radius 1 is 0.840 bits per heavy atom. The Kier molecular flexibility index (Phi) is 4.06. The summed E-state index contributed by atoms with van der Waals surface area (Å²) >= 11 is 0. The van der Waals surface area contributed by atoms with E-state index >= 15 is 0 Å². The zero-order valence-corrected chi connectivity index (χ0v) is 14.4. The standard InChI is InChI=1S/C22H20O3/c1-15-9-11-17(12-10-15)24-21-14-23-22-19(21)7-4-8-20(22)25-18-6-3-5-16(2)13-18/h3-13,21H,14H2,1-2H3. The maximum absolute atomic E-state index is 6.10. The molecule has 3 aromatic rings. The summed E-state index contributed by atoms with van der Waals surface area (Å²) in [5, 5.41) is 0. The maximum atomic E-state index is 6.10. The molecule has 0 aromatic heterocycles. The van der Waals surface area contributed by atoms with Crippen molar-refractivity contribution in [3.05, 3.63) is 83.4 Å². The lowest BCUT2D eigenvalue weighted by Crippen LogP contribution is -2.08. The van der Waals surface area contributed by atoms with E-state index in [9.17, 15) is 0 Å². The van der Waals surface area contributed by atoms with Crippen LogP contribution in [0.5, 0.6) is 23.0 Å². The summed E-state index contributed by atoms with van der Waals surface area (Å²) in [6.45, 7) is 4.59. The van der Waals surface area contributed by atoms with Gasteiger partial charge >= 0.3 is 0 Å². The lowest BCUT2D eigenvalue weighted by atomic mass is 10.1. The number of para-hydroxylation sites is 1. The van der Waals surface area contributed by atoms with Crippen LogP contribution in [0, 0.1) is 13.8 Å². The van der Waals surface area contributed by atoms with E-state index in [4.69, 9.17) is 14.2 Å². The van der Waals surface area contributed by atoms with Crippen LogP contribution in [0.4, 0.5) is 0 Å². The van der Waals surface area contributed by atoms with Gasteiger partial charge in [-0.05, 0) is 49.7 Å². The molecule has 126 valence electrons. The van der Waals surface area contributed by atoms with Crippen LogP contribution in [-0.4, -0.2) is 6.61 Å². The summed E-state index contributed by atoms with van der Waals surface area (Å²) in [5.74, 6) is 3.14. The third kappa shape index (κ3) is 3.31. The van der Waals surface area contributed by atoms with Crippen LogP contribution < -0.4 is 14.2 Å². The smallest absolute Gasteiger partial charge is 0.169 e. The highest BCUT2D eigenvalue weighted by Crippen LogP contribution is 2.43. The van der Waals surface area contributed by atoms with Gasteiger partial charge in [0.25, 0.3) is 0 Å². The molecule has 3 aromatic carbocycles. The van der Waals surface area contributed by atoms with Crippen molar-refractivity contribution < 1.29 is 14.2 Å². The number of fused-ring (bicyclic) bond motifs is 1. The minimum atomic E-state index is -0.126. The molecule has 3 nitrogen and oxygen atoms in total. The molecule has 0 saturated carbocycles. The van der Waals surface area contributed by atoms with Gasteiger partial charge in [0, 0.05) is 5.56 Å². The molecule has 1 heterocycles. The van der Waals surface area contributed by atoms with Crippen molar-refractivity contribution in [2.75, 3.05) is 6.61 Å². The van der Waals surface area contributed by atoms with Crippen molar-refractivity contribution in [3.8, 4) is 23.0 Å². The number of ether oxygens (including phenoxy) is 3. The average molecular weight is 332 g/mol. The van der Waals surface area contributed by atoms with Crippen molar-refractivity contribution in [2.45, 2.75) is 20.0 Å². The van der Waals surface area contributed by atoms with Crippen molar-refractivity contribution in [2.24, 2.45) is 0 Å². The van der Waals surface area contributed by atoms with E-state index in [1.54, 1.807) is 0 Å². The quantitative estimate of drug-likeness (QED) is 0.621. The molecule has 0 aliphatic carbocycles. The highest BCUT2D eigenvalue weighted by Gasteiger charge is 2.29. The lowest BCUT2D eigenvalue weighted by Gasteiger charge is -2.13. The van der Waals surface area contributed by atoms with Crippen LogP contribution in [0.15, 0.2) is 66.7 Å². The van der Waals surface area contributed by atoms with Crippen LogP contribution in [0.3, 0.4) is 0 Å². The van der Waals surface area contributed by atoms with Crippen LogP contribution in [0.2, 0.25) is 0 Å². The monoisotopic (exact) mass is 332 g/mol. The molecule has 0 bridgehead atoms. The van der Waals surface area contributed by atoms with Gasteiger partial charge < -0.3 is 14.2 Å². The Morgan fingerprint density at radius 2 is 1.64 bits per heavy atom. The number of hydrogen-bond donors (Lipinski definition) is 0. The van der Waals surface area contributed by atoms with Gasteiger partial charge in [0.1, 0.15) is 18.1 Å². The third-order valence-electron chi connectivity index (χ3n) is 4.25. The molecule has 3 heteroatoms. The highest BCUT2D eigenvalue weighted by molar-refractivity contribution is 5.52. The molecule has 0 amide bonds. The van der Waals surface area contributed by atoms with Crippen molar-refractivity contribution >= 4 is 0 Å². The second kappa shape index (κ2) is 6.52. The molecule has 25 heavy (non-hydrogen) atoms. The first kappa shape index (κ1) is 15.6. The fraction of sp³-hybridized carbons (Fsp3) is 0.182. The Balaban J connectivity index is 1.57. The van der Waals surface area contributed by atoms with Crippen LogP contribution in [0.1, 0.15) is 22.8 Å². The largest absolute Gasteiger partial charge is 0.485 e. The van der Waals surface area contributed by atoms with Gasteiger partial charge in [-0.3, -0.25) is 0 Å². The van der Waals surface area contributed by atoms with Gasteiger partial charge in [0.15, 0.2) is 17.6 Å². The topological polar surface area (TPSA) is 27.7 Å². The van der Waals surface area contributed by atoms with Crippen LogP contribution in [0.25, 0.3) is 0 Å². The van der Waals surface area contributed by atoms with Gasteiger partial charge in [0.2, 0.25) is 0 Å². The zero-order valence-electron chi connectivity index (χ0n) is 14.4. The minimum Gasteiger partial charge on any atom is -0.485 e. The van der Waals surface area contributed by atoms with E-state index in [1.807, 2.05) is 73.7 Å². The molecular formula is C22H20O3. The first-order valence-corrected chi connectivity index (χ1v) is 8.42. The predicted octanol–water partition coefficient (Wildman–Crippen LogP) is 5.61. The molecule has 4 rings (SSSR count). The van der Waals surface area contributed by atoms with E-state index in [2.05, 4.69) is 6.92 Å². The SMILES string of the molecule is Cc1ccc(OC2COc3c(Oc4cccc(C)c4)cccc32)cc1. The molecule has 1 unspecified atom stereocenters. The van der Waals surface area contributed by atoms with Crippen molar-refractivity contribution in [1.82, 2.24) is 0 Å². The Morgan fingerprint density at radius 3 is 2.44 bits per heavy atom. The van der Waals surface area contributed by atoms with Crippen molar-refractivity contribution in [1.29, 1.82) is 0 Å². The average Bonchev–Trinajstić information content (AvgIpc) is 3.01. The number of rotatable bonds is 4. The van der Waals surface area contributed by atoms with E-state index < -0.39 is 0 Å². The van der Waals surface area contributed by atoms with Crippen molar-refractivity contribution in [3.63, 3.8) is 0 Å². The lowest BCUT2D eigenvalue weighted by molar-refractivity contribution is 0.162. The Labute approximate surface area is 147 Å². The summed E-state index contributed by atoms with van der Waals surface area (Å²) in [6.07, 6.45) is -0.126. The molecule has 0 radical (unpaired) electrons. The van der Waals surface area contributed by atoms with Crippen LogP contribution in [-0.2, 0) is 0 Å². The van der Waals surface area contributed by atoms with Gasteiger partial charge in [-0.25, -0.2) is 0 Å². The fourth-order valence-corrected chi connectivity index (χ4v) is 2.95. The number of hydrogen-bond acceptors (Lipinski definition) is 3. The second-order valence-electron chi connectivity index (χ2n) is 6.32. The number of aryl methyl sites for hydroxylation is 2. The summed E-state index contributed by atoms with van der Waals surface area (Å²) < 4.78 is 18.0. The molecule has 0 saturated heterocycles. The summed E-state index contributed by atoms with van der Waals surface area (Å²) in [6, 6.07) is 22.0. The molecule has 0 fully saturated rings. The van der Waals surface area contributed by atoms with Crippen LogP contribution >= 0.6 is 0 Å². The molecule has 0 N–H and O–H groups in total. The summed E-state index contributed by atoms with van der Waals surface area (Å²) in [4.78, 5) is 0. The third-order valence-corrected chi connectivity index (χ3v) is 4.25. The van der Waals surface area contributed by atoms with Gasteiger partial charge in [-0.2, -0.15) is 0 Å². The first-order chi connectivity index (χ1) is 12.2. The van der Waals surface area contributed by atoms with E-state index in [-0.39, 0.29) is 6.10 Å². The molecule has 1 atom stereocenters. The molecule has 1 aliphatic heterocycles. The van der Waals surface area contributed by atoms with Gasteiger partial charge in [-0.15, -0.1) is 0 Å². The predicted molar refractivity (Wildman–Crippen MR) is 97.7 cm³/mol. The fourth-order valence-electron chi connectivity index (χ4n) is 2.95. The van der Waals surface area contributed by atoms with Gasteiger partial charge in [0.05, 0.1) is 0 Å². The van der Waals surface area contributed by atoms with E-state index in [1.165, 1.54) is 5.56 Å². The summed E-state index contributed by atoms with van der Waals surface area (Å²) in [7, 11) is 0. The first-order valence-electron chi connectivity index (χ1n) is 8.42. The normalized spacial score (nSPS) is 15.4. The Bertz CT molecular complexity index is 884. The maximum Gasteiger partial charge on any atom is 0.169 e. The van der Waals surface area contributed by atoms with E-state index in [0.29, 0.717) is 6.61 Å². The molecular weight excluding hydrogens is 312 g/mol. The minimum absolute atomic E-state index is 0.126. The van der Waals surface area contributed by atoms with Gasteiger partial charge in [-0.1, -0.05) is 42.0 Å². The highest BCUT2D eigenvalue weighted by atomic mass is 16.6. The van der Waals surface area contributed by atoms with E-state index in [0.717, 1.165) is 34.1 Å². The zero-order chi connectivity index (χ0) is 17.2. The molecule has 0 spiro atoms.